The molecule has 1 aliphatic heterocycles. The third kappa shape index (κ3) is 5.42. The summed E-state index contributed by atoms with van der Waals surface area (Å²) in [6.07, 6.45) is 5.08. The predicted octanol–water partition coefficient (Wildman–Crippen LogP) is 3.84. The molecule has 0 bridgehead atoms. The summed E-state index contributed by atoms with van der Waals surface area (Å²) in [5.74, 6) is 0.0294. The number of carbonyl (C=O) groups excluding carboxylic acids is 2. The minimum Gasteiger partial charge on any atom is -0.497 e. The number of carbonyl (C=O) groups is 2. The molecule has 1 aromatic heterocycles. The molecule has 7 nitrogen and oxygen atoms in total. The van der Waals surface area contributed by atoms with E-state index >= 15 is 0 Å². The maximum absolute atomic E-state index is 13.0. The molecule has 1 aromatic carbocycles. The fourth-order valence-electron chi connectivity index (χ4n) is 3.89. The van der Waals surface area contributed by atoms with Gasteiger partial charge < -0.3 is 19.1 Å². The molecular formula is C24H28N2O5. The zero-order valence-electron chi connectivity index (χ0n) is 18.1. The van der Waals surface area contributed by atoms with Crippen LogP contribution in [-0.4, -0.2) is 43.8 Å². The third-order valence-corrected chi connectivity index (χ3v) is 5.33. The predicted molar refractivity (Wildman–Crippen MR) is 117 cm³/mol. The summed E-state index contributed by atoms with van der Waals surface area (Å²) in [6, 6.07) is 12.7. The molecule has 0 saturated carbocycles. The Morgan fingerprint density at radius 1 is 1.16 bits per heavy atom. The summed E-state index contributed by atoms with van der Waals surface area (Å²) < 4.78 is 15.5. The number of hydrogen-bond donors (Lipinski definition) is 0. The Morgan fingerprint density at radius 2 is 1.94 bits per heavy atom. The number of ether oxygens (including phenoxy) is 3. The lowest BCUT2D eigenvalue weighted by Crippen LogP contribution is -2.40. The molecule has 1 fully saturated rings. The highest BCUT2D eigenvalue weighted by Crippen LogP contribution is 2.41. The number of nitrogens with zero attached hydrogens (tertiary/aromatic N) is 2. The summed E-state index contributed by atoms with van der Waals surface area (Å²) in [5, 5.41) is 0. The Labute approximate surface area is 182 Å². The Balaban J connectivity index is 2.03. The van der Waals surface area contributed by atoms with Gasteiger partial charge in [-0.05, 0) is 68.2 Å². The Kier molecular flexibility index (Phi) is 7.65. The topological polar surface area (TPSA) is 78.0 Å². The Morgan fingerprint density at radius 3 is 2.55 bits per heavy atom. The van der Waals surface area contributed by atoms with Crippen LogP contribution in [0.4, 0.5) is 5.69 Å². The maximum atomic E-state index is 13.0. The number of rotatable bonds is 8. The largest absolute Gasteiger partial charge is 0.497 e. The van der Waals surface area contributed by atoms with Gasteiger partial charge in [-0.1, -0.05) is 6.07 Å². The van der Waals surface area contributed by atoms with Crippen LogP contribution in [0.5, 0.6) is 5.75 Å². The first-order valence-corrected chi connectivity index (χ1v) is 10.4. The third-order valence-electron chi connectivity index (χ3n) is 5.33. The van der Waals surface area contributed by atoms with Crippen LogP contribution in [0.25, 0.3) is 6.08 Å². The van der Waals surface area contributed by atoms with Gasteiger partial charge >= 0.3 is 11.9 Å². The van der Waals surface area contributed by atoms with Gasteiger partial charge in [0.05, 0.1) is 26.5 Å². The second-order valence-electron chi connectivity index (χ2n) is 7.23. The molecule has 0 unspecified atom stereocenters. The first-order chi connectivity index (χ1) is 15.1. The molecule has 1 saturated heterocycles. The molecule has 0 spiro atoms. The lowest BCUT2D eigenvalue weighted by Gasteiger charge is -2.29. The van der Waals surface area contributed by atoms with Crippen LogP contribution in [0.1, 0.15) is 31.9 Å². The van der Waals surface area contributed by atoms with Gasteiger partial charge in [0.2, 0.25) is 0 Å². The maximum Gasteiger partial charge on any atom is 0.329 e. The molecule has 0 N–H and O–H groups in total. The average Bonchev–Trinajstić information content (AvgIpc) is 3.16. The van der Waals surface area contributed by atoms with E-state index in [1.807, 2.05) is 53.4 Å². The minimum atomic E-state index is -0.548. The second-order valence-corrected chi connectivity index (χ2v) is 7.23. The molecule has 2 aromatic rings. The molecule has 1 aliphatic rings. The molecule has 0 radical (unpaired) electrons. The van der Waals surface area contributed by atoms with Crippen molar-refractivity contribution in [1.29, 1.82) is 0 Å². The lowest BCUT2D eigenvalue weighted by atomic mass is 9.94. The number of anilines is 1. The van der Waals surface area contributed by atoms with E-state index in [1.54, 1.807) is 20.2 Å². The van der Waals surface area contributed by atoms with E-state index in [0.717, 1.165) is 22.8 Å². The van der Waals surface area contributed by atoms with E-state index in [0.29, 0.717) is 12.8 Å². The number of allylic oxidation sites excluding steroid dienone is 1. The van der Waals surface area contributed by atoms with Gasteiger partial charge in [-0.3, -0.25) is 9.78 Å². The van der Waals surface area contributed by atoms with Gasteiger partial charge in [0, 0.05) is 24.0 Å². The smallest absolute Gasteiger partial charge is 0.329 e. The van der Waals surface area contributed by atoms with Crippen molar-refractivity contribution in [1.82, 2.24) is 4.98 Å². The van der Waals surface area contributed by atoms with Gasteiger partial charge in [0.25, 0.3) is 0 Å². The molecular weight excluding hydrogens is 396 g/mol. The van der Waals surface area contributed by atoms with Crippen molar-refractivity contribution in [2.75, 3.05) is 25.7 Å². The van der Waals surface area contributed by atoms with E-state index in [4.69, 9.17) is 14.2 Å². The first kappa shape index (κ1) is 22.3. The number of pyridine rings is 1. The van der Waals surface area contributed by atoms with Gasteiger partial charge in [-0.2, -0.15) is 0 Å². The summed E-state index contributed by atoms with van der Waals surface area (Å²) in [4.78, 5) is 31.2. The lowest BCUT2D eigenvalue weighted by molar-refractivity contribution is -0.146. The standard InChI is InChI=1S/C24H28N2O5/c1-4-31-24(28)23-17(8-13-22(27)30-3)15-20(16-18-7-5-6-14-25-18)26(23)19-9-11-21(29-2)12-10-19/h5-7,9-12,14,16-17,23H,4,8,13,15H2,1-3H3/b20-16+/t17-,23+/m1/s1. The highest BCUT2D eigenvalue weighted by Gasteiger charge is 2.43. The zero-order chi connectivity index (χ0) is 22.2. The van der Waals surface area contributed by atoms with Gasteiger partial charge in [0.15, 0.2) is 0 Å². The van der Waals surface area contributed by atoms with Crippen LogP contribution in [-0.2, 0) is 19.1 Å². The second kappa shape index (κ2) is 10.6. The SMILES string of the molecule is CCOC(=O)[C@@H]1[C@H](CCC(=O)OC)C/C(=C\c2ccccn2)N1c1ccc(OC)cc1. The molecule has 164 valence electrons. The van der Waals surface area contributed by atoms with Gasteiger partial charge in [-0.15, -0.1) is 0 Å². The van der Waals surface area contributed by atoms with E-state index in [1.165, 1.54) is 7.11 Å². The number of methoxy groups -OCH3 is 2. The Hall–Kier alpha value is -3.35. The number of hydrogen-bond acceptors (Lipinski definition) is 7. The first-order valence-electron chi connectivity index (χ1n) is 10.4. The number of benzene rings is 1. The molecule has 3 rings (SSSR count). The van der Waals surface area contributed by atoms with Crippen LogP contribution >= 0.6 is 0 Å². The molecule has 31 heavy (non-hydrogen) atoms. The highest BCUT2D eigenvalue weighted by atomic mass is 16.5. The number of aromatic nitrogens is 1. The van der Waals surface area contributed by atoms with Crippen LogP contribution in [0.15, 0.2) is 54.4 Å². The van der Waals surface area contributed by atoms with Crippen molar-refractivity contribution in [3.8, 4) is 5.75 Å². The monoisotopic (exact) mass is 424 g/mol. The average molecular weight is 424 g/mol. The van der Waals surface area contributed by atoms with Crippen LogP contribution < -0.4 is 9.64 Å². The highest BCUT2D eigenvalue weighted by molar-refractivity contribution is 5.84. The van der Waals surface area contributed by atoms with Crippen molar-refractivity contribution < 1.29 is 23.8 Å². The minimum absolute atomic E-state index is 0.102. The van der Waals surface area contributed by atoms with Crippen molar-refractivity contribution in [2.45, 2.75) is 32.2 Å². The van der Waals surface area contributed by atoms with E-state index in [-0.39, 0.29) is 30.9 Å². The summed E-state index contributed by atoms with van der Waals surface area (Å²) >= 11 is 0. The van der Waals surface area contributed by atoms with E-state index in [9.17, 15) is 9.59 Å². The Bertz CT molecular complexity index is 911. The fraction of sp³-hybridized carbons (Fsp3) is 0.375. The van der Waals surface area contributed by atoms with Crippen LogP contribution in [0.2, 0.25) is 0 Å². The molecule has 2 heterocycles. The van der Waals surface area contributed by atoms with Crippen molar-refractivity contribution in [2.24, 2.45) is 5.92 Å². The number of esters is 2. The quantitative estimate of drug-likeness (QED) is 0.596. The molecule has 0 amide bonds. The van der Waals surface area contributed by atoms with Crippen molar-refractivity contribution in [3.05, 3.63) is 60.1 Å². The van der Waals surface area contributed by atoms with Crippen molar-refractivity contribution in [3.63, 3.8) is 0 Å². The van der Waals surface area contributed by atoms with Gasteiger partial charge in [-0.25, -0.2) is 4.79 Å². The molecule has 7 heteroatoms. The normalized spacial score (nSPS) is 19.3. The fourth-order valence-corrected chi connectivity index (χ4v) is 3.89. The van der Waals surface area contributed by atoms with Crippen molar-refractivity contribution >= 4 is 23.7 Å². The summed E-state index contributed by atoms with van der Waals surface area (Å²) in [7, 11) is 2.98. The summed E-state index contributed by atoms with van der Waals surface area (Å²) in [5.41, 5.74) is 2.59. The molecule has 2 atom stereocenters. The van der Waals surface area contributed by atoms with Crippen LogP contribution in [0, 0.1) is 5.92 Å². The zero-order valence-corrected chi connectivity index (χ0v) is 18.1. The van der Waals surface area contributed by atoms with E-state index < -0.39 is 6.04 Å². The van der Waals surface area contributed by atoms with Gasteiger partial charge in [0.1, 0.15) is 11.8 Å². The molecule has 0 aliphatic carbocycles. The van der Waals surface area contributed by atoms with E-state index in [2.05, 4.69) is 4.98 Å². The summed E-state index contributed by atoms with van der Waals surface area (Å²) in [6.45, 7) is 2.08. The van der Waals surface area contributed by atoms with Crippen LogP contribution in [0.3, 0.4) is 0 Å².